The number of esters is 1. The van der Waals surface area contributed by atoms with Gasteiger partial charge in [0.25, 0.3) is 11.1 Å². The Morgan fingerprint density at radius 1 is 1.31 bits per heavy atom. The van der Waals surface area contributed by atoms with Crippen molar-refractivity contribution in [1.82, 2.24) is 4.90 Å². The van der Waals surface area contributed by atoms with Crippen molar-refractivity contribution >= 4 is 40.8 Å². The Balaban J connectivity index is 1.73. The number of piperidine rings is 1. The molecule has 8 heteroatoms. The van der Waals surface area contributed by atoms with Crippen molar-refractivity contribution in [2.24, 2.45) is 0 Å². The number of nitrogens with zero attached hydrogens (tertiary/aromatic N) is 2. The summed E-state index contributed by atoms with van der Waals surface area (Å²) < 4.78 is 10.7. The lowest BCUT2D eigenvalue weighted by Gasteiger charge is -2.25. The van der Waals surface area contributed by atoms with Crippen molar-refractivity contribution in [2.75, 3.05) is 24.6 Å². The molecule has 0 spiro atoms. The van der Waals surface area contributed by atoms with Crippen molar-refractivity contribution in [2.45, 2.75) is 39.2 Å². The third-order valence-corrected chi connectivity index (χ3v) is 5.28. The van der Waals surface area contributed by atoms with Gasteiger partial charge >= 0.3 is 5.97 Å². The van der Waals surface area contributed by atoms with Crippen LogP contribution in [0.4, 0.5) is 10.7 Å². The van der Waals surface area contributed by atoms with Crippen molar-refractivity contribution in [3.8, 4) is 0 Å². The number of imide groups is 1. The van der Waals surface area contributed by atoms with Gasteiger partial charge in [0.05, 0.1) is 11.5 Å². The zero-order chi connectivity index (χ0) is 18.7. The lowest BCUT2D eigenvalue weighted by Crippen LogP contribution is -2.42. The first-order valence-corrected chi connectivity index (χ1v) is 9.61. The summed E-state index contributed by atoms with van der Waals surface area (Å²) in [6.45, 7) is 5.27. The third kappa shape index (κ3) is 3.80. The number of ether oxygens (including phenoxy) is 1. The molecule has 0 bridgehead atoms. The maximum absolute atomic E-state index is 12.5. The minimum atomic E-state index is -0.950. The molecule has 2 aliphatic heterocycles. The van der Waals surface area contributed by atoms with Crippen LogP contribution in [0.2, 0.25) is 0 Å². The summed E-state index contributed by atoms with van der Waals surface area (Å²) in [6.07, 6.45) is 5.06. The van der Waals surface area contributed by atoms with E-state index in [0.717, 1.165) is 48.5 Å². The standard InChI is InChI=1S/C18H22N2O5S/c1-3-24-17(22)12(2)20-16(21)14(26-18(20)23)11-13-7-8-15(25-13)19-9-5-4-6-10-19/h7-8,11-12H,3-6,9-10H2,1-2H3/b14-11-. The Kier molecular flexibility index (Phi) is 5.70. The molecule has 1 aromatic rings. The van der Waals surface area contributed by atoms with E-state index in [9.17, 15) is 14.4 Å². The topological polar surface area (TPSA) is 80.1 Å². The second kappa shape index (κ2) is 7.99. The van der Waals surface area contributed by atoms with E-state index in [4.69, 9.17) is 9.15 Å². The number of thioether (sulfide) groups is 1. The van der Waals surface area contributed by atoms with Crippen LogP contribution in [0.1, 0.15) is 38.9 Å². The Hall–Kier alpha value is -2.22. The first-order valence-electron chi connectivity index (χ1n) is 8.79. The Morgan fingerprint density at radius 3 is 2.73 bits per heavy atom. The molecular weight excluding hydrogens is 356 g/mol. The fourth-order valence-electron chi connectivity index (χ4n) is 3.02. The van der Waals surface area contributed by atoms with E-state index in [1.807, 2.05) is 6.07 Å². The van der Waals surface area contributed by atoms with Crippen LogP contribution in [-0.4, -0.2) is 47.8 Å². The predicted molar refractivity (Wildman–Crippen MR) is 98.7 cm³/mol. The average Bonchev–Trinajstić information content (AvgIpc) is 3.20. The van der Waals surface area contributed by atoms with Crippen LogP contribution >= 0.6 is 11.8 Å². The molecule has 2 fully saturated rings. The van der Waals surface area contributed by atoms with E-state index < -0.39 is 23.2 Å². The lowest BCUT2D eigenvalue weighted by molar-refractivity contribution is -0.150. The zero-order valence-electron chi connectivity index (χ0n) is 14.9. The largest absolute Gasteiger partial charge is 0.464 e. The Morgan fingerprint density at radius 2 is 2.04 bits per heavy atom. The highest BCUT2D eigenvalue weighted by atomic mass is 32.2. The molecule has 26 heavy (non-hydrogen) atoms. The van der Waals surface area contributed by atoms with Crippen LogP contribution in [0, 0.1) is 0 Å². The quantitative estimate of drug-likeness (QED) is 0.575. The normalized spacial score (nSPS) is 20.8. The van der Waals surface area contributed by atoms with Crippen molar-refractivity contribution in [1.29, 1.82) is 0 Å². The first kappa shape index (κ1) is 18.6. The molecular formula is C18H22N2O5S. The van der Waals surface area contributed by atoms with E-state index >= 15 is 0 Å². The summed E-state index contributed by atoms with van der Waals surface area (Å²) in [5, 5.41) is -0.482. The molecule has 7 nitrogen and oxygen atoms in total. The van der Waals surface area contributed by atoms with Gasteiger partial charge in [-0.15, -0.1) is 0 Å². The summed E-state index contributed by atoms with van der Waals surface area (Å²) in [5.74, 6) is 0.188. The maximum Gasteiger partial charge on any atom is 0.329 e. The molecule has 0 saturated carbocycles. The van der Waals surface area contributed by atoms with Crippen molar-refractivity contribution in [3.63, 3.8) is 0 Å². The summed E-state index contributed by atoms with van der Waals surface area (Å²) in [7, 11) is 0. The van der Waals surface area contributed by atoms with Gasteiger partial charge in [-0.3, -0.25) is 14.5 Å². The van der Waals surface area contributed by atoms with Gasteiger partial charge in [0.1, 0.15) is 11.8 Å². The van der Waals surface area contributed by atoms with Gasteiger partial charge < -0.3 is 14.1 Å². The molecule has 3 heterocycles. The number of carbonyl (C=O) groups is 3. The zero-order valence-corrected chi connectivity index (χ0v) is 15.7. The number of hydrogen-bond donors (Lipinski definition) is 0. The molecule has 2 aliphatic rings. The van der Waals surface area contributed by atoms with Gasteiger partial charge in [-0.05, 0) is 50.9 Å². The van der Waals surface area contributed by atoms with Gasteiger partial charge in [0.2, 0.25) is 0 Å². The number of carbonyl (C=O) groups excluding carboxylic acids is 3. The highest BCUT2D eigenvalue weighted by molar-refractivity contribution is 8.18. The van der Waals surface area contributed by atoms with E-state index in [2.05, 4.69) is 4.90 Å². The fourth-order valence-corrected chi connectivity index (χ4v) is 3.90. The monoisotopic (exact) mass is 378 g/mol. The molecule has 0 N–H and O–H groups in total. The van der Waals surface area contributed by atoms with Crippen LogP contribution in [0.5, 0.6) is 0 Å². The second-order valence-corrected chi connectivity index (χ2v) is 7.20. The van der Waals surface area contributed by atoms with Crippen molar-refractivity contribution in [3.05, 3.63) is 22.8 Å². The molecule has 140 valence electrons. The summed E-state index contributed by atoms with van der Waals surface area (Å²) in [4.78, 5) is 39.9. The number of anilines is 1. The molecule has 1 atom stereocenters. The highest BCUT2D eigenvalue weighted by Crippen LogP contribution is 2.34. The lowest BCUT2D eigenvalue weighted by atomic mass is 10.1. The number of rotatable bonds is 5. The smallest absolute Gasteiger partial charge is 0.329 e. The van der Waals surface area contributed by atoms with E-state index in [1.54, 1.807) is 19.1 Å². The van der Waals surface area contributed by atoms with Gasteiger partial charge in [0, 0.05) is 25.2 Å². The van der Waals surface area contributed by atoms with E-state index in [0.29, 0.717) is 5.76 Å². The van der Waals surface area contributed by atoms with Gasteiger partial charge in [-0.2, -0.15) is 0 Å². The average molecular weight is 378 g/mol. The maximum atomic E-state index is 12.5. The van der Waals surface area contributed by atoms with Gasteiger partial charge in [-0.1, -0.05) is 0 Å². The van der Waals surface area contributed by atoms with Crippen LogP contribution in [0.15, 0.2) is 21.5 Å². The predicted octanol–water partition coefficient (Wildman–Crippen LogP) is 3.26. The van der Waals surface area contributed by atoms with Crippen LogP contribution < -0.4 is 4.90 Å². The molecule has 0 radical (unpaired) electrons. The Labute approximate surface area is 156 Å². The second-order valence-electron chi connectivity index (χ2n) is 6.20. The van der Waals surface area contributed by atoms with Gasteiger partial charge in [0.15, 0.2) is 5.88 Å². The molecule has 2 saturated heterocycles. The molecule has 3 rings (SSSR count). The third-order valence-electron chi connectivity index (χ3n) is 4.39. The Bertz CT molecular complexity index is 736. The summed E-state index contributed by atoms with van der Waals surface area (Å²) >= 11 is 0.802. The highest BCUT2D eigenvalue weighted by Gasteiger charge is 2.41. The fraction of sp³-hybridized carbons (Fsp3) is 0.500. The summed E-state index contributed by atoms with van der Waals surface area (Å²) in [5.41, 5.74) is 0. The molecule has 1 unspecified atom stereocenters. The minimum absolute atomic E-state index is 0.195. The minimum Gasteiger partial charge on any atom is -0.464 e. The van der Waals surface area contributed by atoms with E-state index in [-0.39, 0.29) is 11.5 Å². The SMILES string of the molecule is CCOC(=O)C(C)N1C(=O)S/C(=C\c2ccc(N3CCCCC3)o2)C1=O. The van der Waals surface area contributed by atoms with E-state index in [1.165, 1.54) is 13.3 Å². The van der Waals surface area contributed by atoms with Gasteiger partial charge in [-0.25, -0.2) is 4.79 Å². The molecule has 0 aliphatic carbocycles. The van der Waals surface area contributed by atoms with Crippen LogP contribution in [0.25, 0.3) is 6.08 Å². The van der Waals surface area contributed by atoms with Crippen LogP contribution in [0.3, 0.4) is 0 Å². The molecule has 1 aromatic heterocycles. The van der Waals surface area contributed by atoms with Crippen molar-refractivity contribution < 1.29 is 23.5 Å². The number of amides is 2. The number of hydrogen-bond acceptors (Lipinski definition) is 7. The number of furan rings is 1. The summed E-state index contributed by atoms with van der Waals surface area (Å²) in [6, 6.07) is 2.71. The molecule has 2 amide bonds. The van der Waals surface area contributed by atoms with Crippen LogP contribution in [-0.2, 0) is 14.3 Å². The molecule has 0 aromatic carbocycles. The first-order chi connectivity index (χ1) is 12.5.